The van der Waals surface area contributed by atoms with Crippen molar-refractivity contribution in [2.24, 2.45) is 0 Å². The summed E-state index contributed by atoms with van der Waals surface area (Å²) >= 11 is 1.43. The van der Waals surface area contributed by atoms with Crippen molar-refractivity contribution in [2.75, 3.05) is 21.3 Å². The van der Waals surface area contributed by atoms with Crippen LogP contribution < -0.4 is 4.74 Å². The Morgan fingerprint density at radius 3 is 2.40 bits per heavy atom. The second kappa shape index (κ2) is 10.4. The lowest BCUT2D eigenvalue weighted by Crippen LogP contribution is -2.15. The zero-order chi connectivity index (χ0) is 24.9. The molecule has 0 bridgehead atoms. The summed E-state index contributed by atoms with van der Waals surface area (Å²) in [4.78, 5) is 30.0. The number of rotatable bonds is 8. The molecule has 0 aliphatic carbocycles. The molecule has 0 radical (unpaired) electrons. The standard InChI is InChI=1S/C24H23N5O5S/c1-14-25-24(27-26-14)35-13-16-12-15(10-11-18(16)32-2)20-19(22(30)33-3)21(23(31)34-4)29(28-20)17-8-6-5-7-9-17/h5-12H,13H2,1-4H3,(H,25,26,27). The van der Waals surface area contributed by atoms with E-state index in [2.05, 4.69) is 20.3 Å². The van der Waals surface area contributed by atoms with Gasteiger partial charge in [-0.05, 0) is 37.3 Å². The van der Waals surface area contributed by atoms with Crippen molar-refractivity contribution in [1.82, 2.24) is 25.0 Å². The van der Waals surface area contributed by atoms with E-state index in [9.17, 15) is 9.59 Å². The fraction of sp³-hybridized carbons (Fsp3) is 0.208. The maximum Gasteiger partial charge on any atom is 0.357 e. The molecule has 0 saturated carbocycles. The van der Waals surface area contributed by atoms with Gasteiger partial charge in [-0.15, -0.1) is 5.10 Å². The Morgan fingerprint density at radius 2 is 1.77 bits per heavy atom. The number of ether oxygens (including phenoxy) is 3. The summed E-state index contributed by atoms with van der Waals surface area (Å²) in [6.07, 6.45) is 0. The predicted octanol–water partition coefficient (Wildman–Crippen LogP) is 3.84. The average Bonchev–Trinajstić information content (AvgIpc) is 3.50. The number of para-hydroxylation sites is 1. The lowest BCUT2D eigenvalue weighted by atomic mass is 10.0. The van der Waals surface area contributed by atoms with E-state index in [4.69, 9.17) is 14.2 Å². The molecule has 11 heteroatoms. The first kappa shape index (κ1) is 24.0. The number of aromatic amines is 1. The highest BCUT2D eigenvalue weighted by molar-refractivity contribution is 7.98. The minimum atomic E-state index is -0.711. The SMILES string of the molecule is COC(=O)c1c(-c2ccc(OC)c(CSc3n[nH]c(C)n3)c2)nn(-c2ccccc2)c1C(=O)OC. The van der Waals surface area contributed by atoms with Crippen molar-refractivity contribution >= 4 is 23.7 Å². The molecular formula is C24H23N5O5S. The first-order chi connectivity index (χ1) is 17.0. The third-order valence-corrected chi connectivity index (χ3v) is 6.04. The molecule has 0 amide bonds. The van der Waals surface area contributed by atoms with Crippen LogP contribution in [0.25, 0.3) is 16.9 Å². The Morgan fingerprint density at radius 1 is 1.03 bits per heavy atom. The summed E-state index contributed by atoms with van der Waals surface area (Å²) in [5.41, 5.74) is 2.30. The quantitative estimate of drug-likeness (QED) is 0.288. The molecule has 0 fully saturated rings. The molecule has 4 aromatic rings. The molecule has 1 N–H and O–H groups in total. The van der Waals surface area contributed by atoms with Gasteiger partial charge in [0.1, 0.15) is 22.8 Å². The second-order valence-electron chi connectivity index (χ2n) is 7.32. The zero-order valence-electron chi connectivity index (χ0n) is 19.6. The molecule has 2 heterocycles. The van der Waals surface area contributed by atoms with Crippen LogP contribution in [0.3, 0.4) is 0 Å². The van der Waals surface area contributed by atoms with E-state index in [-0.39, 0.29) is 17.0 Å². The van der Waals surface area contributed by atoms with Gasteiger partial charge < -0.3 is 14.2 Å². The average molecular weight is 494 g/mol. The van der Waals surface area contributed by atoms with Gasteiger partial charge in [-0.25, -0.2) is 19.3 Å². The molecule has 4 rings (SSSR count). The van der Waals surface area contributed by atoms with Crippen LogP contribution in [0.1, 0.15) is 32.2 Å². The molecular weight excluding hydrogens is 470 g/mol. The summed E-state index contributed by atoms with van der Waals surface area (Å²) in [5.74, 6) is 0.467. The highest BCUT2D eigenvalue weighted by Crippen LogP contribution is 2.34. The van der Waals surface area contributed by atoms with E-state index in [1.165, 1.54) is 30.7 Å². The summed E-state index contributed by atoms with van der Waals surface area (Å²) < 4.78 is 16.9. The molecule has 0 atom stereocenters. The highest BCUT2D eigenvalue weighted by Gasteiger charge is 2.31. The van der Waals surface area contributed by atoms with E-state index in [0.717, 1.165) is 11.4 Å². The van der Waals surface area contributed by atoms with Crippen molar-refractivity contribution in [1.29, 1.82) is 0 Å². The maximum absolute atomic E-state index is 12.9. The second-order valence-corrected chi connectivity index (χ2v) is 8.26. The number of benzene rings is 2. The van der Waals surface area contributed by atoms with Crippen molar-refractivity contribution < 1.29 is 23.8 Å². The van der Waals surface area contributed by atoms with Gasteiger partial charge in [0.25, 0.3) is 0 Å². The monoisotopic (exact) mass is 493 g/mol. The summed E-state index contributed by atoms with van der Waals surface area (Å²) in [6, 6.07) is 14.4. The third kappa shape index (κ3) is 4.90. The van der Waals surface area contributed by atoms with Crippen molar-refractivity contribution in [3.8, 4) is 22.7 Å². The van der Waals surface area contributed by atoms with E-state index in [1.54, 1.807) is 31.4 Å². The number of H-pyrrole nitrogens is 1. The number of esters is 2. The van der Waals surface area contributed by atoms with Crippen LogP contribution in [-0.2, 0) is 15.2 Å². The Labute approximate surface area is 205 Å². The number of aromatic nitrogens is 5. The predicted molar refractivity (Wildman–Crippen MR) is 129 cm³/mol. The normalized spacial score (nSPS) is 10.7. The smallest absolute Gasteiger partial charge is 0.357 e. The molecule has 0 aliphatic heterocycles. The third-order valence-electron chi connectivity index (χ3n) is 5.14. The molecule has 10 nitrogen and oxygen atoms in total. The van der Waals surface area contributed by atoms with Gasteiger partial charge in [-0.2, -0.15) is 5.10 Å². The molecule has 0 spiro atoms. The first-order valence-corrected chi connectivity index (χ1v) is 11.5. The van der Waals surface area contributed by atoms with Crippen molar-refractivity contribution in [3.63, 3.8) is 0 Å². The van der Waals surface area contributed by atoms with Gasteiger partial charge in [0.05, 0.1) is 27.0 Å². The number of carbonyl (C=O) groups excluding carboxylic acids is 2. The van der Waals surface area contributed by atoms with Gasteiger partial charge in [0, 0.05) is 16.9 Å². The van der Waals surface area contributed by atoms with Crippen LogP contribution >= 0.6 is 11.8 Å². The van der Waals surface area contributed by atoms with Gasteiger partial charge in [-0.3, -0.25) is 5.10 Å². The summed E-state index contributed by atoms with van der Waals surface area (Å²) in [7, 11) is 4.08. The molecule has 0 saturated heterocycles. The molecule has 180 valence electrons. The van der Waals surface area contributed by atoms with E-state index < -0.39 is 11.9 Å². The van der Waals surface area contributed by atoms with Crippen LogP contribution in [0.2, 0.25) is 0 Å². The maximum atomic E-state index is 12.9. The Kier molecular flexibility index (Phi) is 7.16. The number of hydrogen-bond donors (Lipinski definition) is 1. The van der Waals surface area contributed by atoms with Crippen molar-refractivity contribution in [2.45, 2.75) is 17.8 Å². The molecule has 0 aliphatic rings. The first-order valence-electron chi connectivity index (χ1n) is 10.5. The Hall–Kier alpha value is -4.12. The number of aryl methyl sites for hydroxylation is 1. The van der Waals surface area contributed by atoms with E-state index >= 15 is 0 Å². The van der Waals surface area contributed by atoms with Crippen LogP contribution in [0, 0.1) is 6.92 Å². The summed E-state index contributed by atoms with van der Waals surface area (Å²) in [6.45, 7) is 1.83. The fourth-order valence-electron chi connectivity index (χ4n) is 3.52. The van der Waals surface area contributed by atoms with Crippen LogP contribution in [0.15, 0.2) is 53.7 Å². The number of nitrogens with zero attached hydrogens (tertiary/aromatic N) is 4. The minimum Gasteiger partial charge on any atom is -0.496 e. The lowest BCUT2D eigenvalue weighted by Gasteiger charge is -2.10. The van der Waals surface area contributed by atoms with Gasteiger partial charge >= 0.3 is 11.9 Å². The van der Waals surface area contributed by atoms with Crippen molar-refractivity contribution in [3.05, 3.63) is 71.2 Å². The topological polar surface area (TPSA) is 121 Å². The number of hydrogen-bond acceptors (Lipinski definition) is 9. The summed E-state index contributed by atoms with van der Waals surface area (Å²) in [5, 5.41) is 12.2. The minimum absolute atomic E-state index is 0.0107. The lowest BCUT2D eigenvalue weighted by molar-refractivity contribution is 0.0549. The highest BCUT2D eigenvalue weighted by atomic mass is 32.2. The Bertz CT molecular complexity index is 1370. The van der Waals surface area contributed by atoms with Gasteiger partial charge in [0.2, 0.25) is 5.16 Å². The molecule has 0 unspecified atom stereocenters. The fourth-order valence-corrected chi connectivity index (χ4v) is 4.35. The van der Waals surface area contributed by atoms with Crippen LogP contribution in [0.4, 0.5) is 0 Å². The van der Waals surface area contributed by atoms with Crippen LogP contribution in [-0.4, -0.2) is 58.2 Å². The van der Waals surface area contributed by atoms with Crippen LogP contribution in [0.5, 0.6) is 5.75 Å². The van der Waals surface area contributed by atoms with Gasteiger partial charge in [0.15, 0.2) is 5.69 Å². The molecule has 35 heavy (non-hydrogen) atoms. The van der Waals surface area contributed by atoms with E-state index in [1.807, 2.05) is 31.2 Å². The largest absolute Gasteiger partial charge is 0.496 e. The number of thioether (sulfide) groups is 1. The number of methoxy groups -OCH3 is 3. The molecule has 2 aromatic heterocycles. The molecule has 2 aromatic carbocycles. The number of nitrogens with one attached hydrogen (secondary N) is 1. The Balaban J connectivity index is 1.86. The van der Waals surface area contributed by atoms with Gasteiger partial charge in [-0.1, -0.05) is 30.0 Å². The van der Waals surface area contributed by atoms with E-state index in [0.29, 0.717) is 27.9 Å². The zero-order valence-corrected chi connectivity index (χ0v) is 20.4. The number of carbonyl (C=O) groups is 2.